The highest BCUT2D eigenvalue weighted by Crippen LogP contribution is 2.26. The van der Waals surface area contributed by atoms with Crippen molar-refractivity contribution in [3.63, 3.8) is 0 Å². The Balaban J connectivity index is 1.34. The van der Waals surface area contributed by atoms with Gasteiger partial charge >= 0.3 is 0 Å². The molecule has 0 bridgehead atoms. The zero-order valence-electron chi connectivity index (χ0n) is 16.2. The van der Waals surface area contributed by atoms with Crippen LogP contribution in [0.1, 0.15) is 23.1 Å². The van der Waals surface area contributed by atoms with Crippen molar-refractivity contribution in [2.24, 2.45) is 5.73 Å². The van der Waals surface area contributed by atoms with E-state index >= 15 is 0 Å². The Kier molecular flexibility index (Phi) is 6.08. The number of hydrogen-bond donors (Lipinski definition) is 3. The fourth-order valence-electron chi connectivity index (χ4n) is 3.11. The van der Waals surface area contributed by atoms with E-state index < -0.39 is 6.04 Å². The number of thioether (sulfide) groups is 1. The Labute approximate surface area is 182 Å². The van der Waals surface area contributed by atoms with Crippen molar-refractivity contribution in [3.8, 4) is 0 Å². The first-order valence-corrected chi connectivity index (χ1v) is 10.7. The molecule has 4 aromatic rings. The molecule has 30 heavy (non-hydrogen) atoms. The average molecular weight is 442 g/mol. The largest absolute Gasteiger partial charge is 0.414 e. The van der Waals surface area contributed by atoms with Crippen molar-refractivity contribution in [2.45, 2.75) is 24.6 Å². The molecule has 0 spiro atoms. The van der Waals surface area contributed by atoms with Crippen molar-refractivity contribution in [3.05, 3.63) is 70.7 Å². The number of nitrogens with one attached hydrogen (secondary N) is 2. The summed E-state index contributed by atoms with van der Waals surface area (Å²) in [5, 5.41) is 12.9. The van der Waals surface area contributed by atoms with Gasteiger partial charge in [0, 0.05) is 27.8 Å². The number of nitrogens with two attached hydrogens (primary N) is 1. The number of nitrogens with zero attached hydrogens (tertiary/aromatic N) is 2. The normalized spacial score (nSPS) is 12.2. The summed E-state index contributed by atoms with van der Waals surface area (Å²) in [6.45, 7) is 1.85. The number of rotatable bonds is 7. The third-order valence-electron chi connectivity index (χ3n) is 4.72. The fourth-order valence-corrected chi connectivity index (χ4v) is 3.85. The summed E-state index contributed by atoms with van der Waals surface area (Å²) in [5.74, 6) is 0.285. The number of halogens is 1. The first kappa shape index (κ1) is 20.5. The highest BCUT2D eigenvalue weighted by atomic mass is 35.5. The van der Waals surface area contributed by atoms with Gasteiger partial charge in [0.05, 0.1) is 11.8 Å². The molecular formula is C21H20ClN5O2S. The van der Waals surface area contributed by atoms with Crippen LogP contribution in [-0.2, 0) is 11.2 Å². The molecule has 9 heteroatoms. The van der Waals surface area contributed by atoms with E-state index in [-0.39, 0.29) is 11.7 Å². The smallest absolute Gasteiger partial charge is 0.277 e. The molecule has 0 unspecified atom stereocenters. The van der Waals surface area contributed by atoms with Gasteiger partial charge in [0.1, 0.15) is 0 Å². The maximum absolute atomic E-state index is 12.2. The van der Waals surface area contributed by atoms with Gasteiger partial charge < -0.3 is 20.5 Å². The molecular weight excluding hydrogens is 422 g/mol. The molecule has 0 aliphatic rings. The van der Waals surface area contributed by atoms with Gasteiger partial charge in [0.25, 0.3) is 5.22 Å². The van der Waals surface area contributed by atoms with E-state index in [1.54, 1.807) is 18.2 Å². The number of aromatic amines is 1. The Morgan fingerprint density at radius 3 is 2.97 bits per heavy atom. The summed E-state index contributed by atoms with van der Waals surface area (Å²) < 4.78 is 5.65. The topological polar surface area (TPSA) is 110 Å². The number of H-pyrrole nitrogens is 1. The van der Waals surface area contributed by atoms with E-state index in [2.05, 4.69) is 20.5 Å². The quantitative estimate of drug-likeness (QED) is 0.364. The summed E-state index contributed by atoms with van der Waals surface area (Å²) >= 11 is 7.24. The number of carbonyl (C=O) groups excluding carboxylic acids is 1. The van der Waals surface area contributed by atoms with Crippen LogP contribution < -0.4 is 11.1 Å². The van der Waals surface area contributed by atoms with Crippen LogP contribution in [0.5, 0.6) is 0 Å². The third-order valence-corrected chi connectivity index (χ3v) is 5.95. The molecule has 4 rings (SSSR count). The minimum absolute atomic E-state index is 0.130. The zero-order valence-corrected chi connectivity index (χ0v) is 17.8. The van der Waals surface area contributed by atoms with Crippen LogP contribution in [0.2, 0.25) is 5.02 Å². The van der Waals surface area contributed by atoms with Crippen molar-refractivity contribution in [1.29, 1.82) is 0 Å². The molecule has 4 N–H and O–H groups in total. The van der Waals surface area contributed by atoms with Crippen LogP contribution in [0.15, 0.2) is 58.3 Å². The summed E-state index contributed by atoms with van der Waals surface area (Å²) in [6, 6.07) is 13.0. The molecule has 0 saturated heterocycles. The standard InChI is InChI=1S/C21H20ClN5O2S/c1-12-15(22)6-4-8-17(12)25-19(28)11-30-21-27-26-20(29-21)16(23)9-13-10-24-18-7-3-2-5-14(13)18/h2-8,10,16,24H,9,11,23H2,1H3,(H,25,28)/t16-/m0/s1. The molecule has 7 nitrogen and oxygen atoms in total. The lowest BCUT2D eigenvalue weighted by atomic mass is 10.1. The van der Waals surface area contributed by atoms with Crippen molar-refractivity contribution in [2.75, 3.05) is 11.1 Å². The first-order valence-electron chi connectivity index (χ1n) is 9.33. The molecule has 1 atom stereocenters. The molecule has 2 aromatic heterocycles. The Bertz CT molecular complexity index is 1190. The molecule has 0 aliphatic heterocycles. The van der Waals surface area contributed by atoms with Crippen LogP contribution in [0.4, 0.5) is 5.69 Å². The molecule has 1 amide bonds. The number of amides is 1. The Hall–Kier alpha value is -2.81. The number of hydrogen-bond acceptors (Lipinski definition) is 6. The lowest BCUT2D eigenvalue weighted by Gasteiger charge is -2.08. The van der Waals surface area contributed by atoms with E-state index in [9.17, 15) is 4.79 Å². The van der Waals surface area contributed by atoms with Gasteiger partial charge in [-0.05, 0) is 42.7 Å². The van der Waals surface area contributed by atoms with Gasteiger partial charge in [-0.2, -0.15) is 0 Å². The van der Waals surface area contributed by atoms with Crippen molar-refractivity contribution in [1.82, 2.24) is 15.2 Å². The van der Waals surface area contributed by atoms with E-state index in [1.165, 1.54) is 0 Å². The van der Waals surface area contributed by atoms with Crippen LogP contribution in [0, 0.1) is 6.92 Å². The number of carbonyl (C=O) groups is 1. The Morgan fingerprint density at radius 2 is 2.10 bits per heavy atom. The summed E-state index contributed by atoms with van der Waals surface area (Å²) in [7, 11) is 0. The molecule has 0 saturated carbocycles. The maximum Gasteiger partial charge on any atom is 0.277 e. The lowest BCUT2D eigenvalue weighted by Crippen LogP contribution is -2.14. The monoisotopic (exact) mass is 441 g/mol. The second kappa shape index (κ2) is 8.91. The zero-order chi connectivity index (χ0) is 21.1. The number of aromatic nitrogens is 3. The number of anilines is 1. The van der Waals surface area contributed by atoms with Gasteiger partial charge in [-0.3, -0.25) is 4.79 Å². The molecule has 0 fully saturated rings. The van der Waals surface area contributed by atoms with E-state index in [1.807, 2.05) is 37.4 Å². The molecule has 0 aliphatic carbocycles. The number of benzene rings is 2. The van der Waals surface area contributed by atoms with Gasteiger partial charge in [0.15, 0.2) is 0 Å². The molecule has 2 heterocycles. The fraction of sp³-hybridized carbons (Fsp3) is 0.190. The summed E-state index contributed by atoms with van der Waals surface area (Å²) in [5.41, 5.74) is 9.91. The predicted octanol–water partition coefficient (Wildman–Crippen LogP) is 4.49. The van der Waals surface area contributed by atoms with Gasteiger partial charge in [0.2, 0.25) is 11.8 Å². The average Bonchev–Trinajstić information content (AvgIpc) is 3.38. The second-order valence-electron chi connectivity index (χ2n) is 6.83. The highest BCUT2D eigenvalue weighted by molar-refractivity contribution is 7.99. The predicted molar refractivity (Wildman–Crippen MR) is 119 cm³/mol. The SMILES string of the molecule is Cc1c(Cl)cccc1NC(=O)CSc1nnc([C@@H](N)Cc2c[nH]c3ccccc23)o1. The van der Waals surface area contributed by atoms with Crippen molar-refractivity contribution >= 4 is 45.9 Å². The maximum atomic E-state index is 12.2. The molecule has 0 radical (unpaired) electrons. The van der Waals surface area contributed by atoms with Gasteiger partial charge in [-0.25, -0.2) is 0 Å². The van der Waals surface area contributed by atoms with Crippen LogP contribution >= 0.6 is 23.4 Å². The molecule has 2 aromatic carbocycles. The van der Waals surface area contributed by atoms with Crippen molar-refractivity contribution < 1.29 is 9.21 Å². The second-order valence-corrected chi connectivity index (χ2v) is 8.16. The van der Waals surface area contributed by atoms with Gasteiger partial charge in [-0.15, -0.1) is 10.2 Å². The highest BCUT2D eigenvalue weighted by Gasteiger charge is 2.18. The minimum atomic E-state index is -0.436. The minimum Gasteiger partial charge on any atom is -0.414 e. The third kappa shape index (κ3) is 4.51. The van der Waals surface area contributed by atoms with E-state index in [0.717, 1.165) is 33.8 Å². The lowest BCUT2D eigenvalue weighted by molar-refractivity contribution is -0.113. The summed E-state index contributed by atoms with van der Waals surface area (Å²) in [4.78, 5) is 15.5. The first-order chi connectivity index (χ1) is 14.5. The Morgan fingerprint density at radius 1 is 1.27 bits per heavy atom. The van der Waals surface area contributed by atoms with Crippen LogP contribution in [0.25, 0.3) is 10.9 Å². The van der Waals surface area contributed by atoms with Gasteiger partial charge in [-0.1, -0.05) is 47.6 Å². The summed E-state index contributed by atoms with van der Waals surface area (Å²) in [6.07, 6.45) is 2.50. The van der Waals surface area contributed by atoms with E-state index in [0.29, 0.717) is 28.2 Å². The molecule has 154 valence electrons. The number of fused-ring (bicyclic) bond motifs is 1. The van der Waals surface area contributed by atoms with Crippen LogP contribution in [0.3, 0.4) is 0 Å². The number of para-hydroxylation sites is 1. The van der Waals surface area contributed by atoms with E-state index in [4.69, 9.17) is 21.8 Å². The van der Waals surface area contributed by atoms with Crippen LogP contribution in [-0.4, -0.2) is 26.8 Å².